The van der Waals surface area contributed by atoms with Crippen LogP contribution in [0.15, 0.2) is 12.7 Å². The Morgan fingerprint density at radius 2 is 2.25 bits per heavy atom. The Bertz CT molecular complexity index is 101. The van der Waals surface area contributed by atoms with Crippen molar-refractivity contribution in [3.63, 3.8) is 0 Å². The van der Waals surface area contributed by atoms with Gasteiger partial charge in [-0.3, -0.25) is 0 Å². The standard InChI is InChI=1S/C8H11/c1-3-5-7-8-6-4-2/h3H,1-2,5,7-8H2. The number of rotatable bonds is 3. The van der Waals surface area contributed by atoms with Crippen molar-refractivity contribution in [3.05, 3.63) is 19.6 Å². The highest BCUT2D eigenvalue weighted by molar-refractivity contribution is 5.01. The molecule has 0 amide bonds. The molecular weight excluding hydrogens is 96.1 g/mol. The van der Waals surface area contributed by atoms with Crippen LogP contribution in [0, 0.1) is 18.8 Å². The lowest BCUT2D eigenvalue weighted by molar-refractivity contribution is 0.887. The third-order valence-electron chi connectivity index (χ3n) is 0.835. The maximum absolute atomic E-state index is 3.59. The first-order valence-corrected chi connectivity index (χ1v) is 2.77. The molecule has 0 unspecified atom stereocenters. The van der Waals surface area contributed by atoms with Crippen LogP contribution in [-0.2, 0) is 0 Å². The molecule has 0 aromatic rings. The van der Waals surface area contributed by atoms with Crippen molar-refractivity contribution in [2.45, 2.75) is 19.3 Å². The topological polar surface area (TPSA) is 0 Å². The normalized spacial score (nSPS) is 7.12. The lowest BCUT2D eigenvalue weighted by atomic mass is 10.2. The minimum absolute atomic E-state index is 0.954. The molecule has 0 saturated carbocycles. The summed E-state index contributed by atoms with van der Waals surface area (Å²) in [4.78, 5) is 0. The first-order valence-electron chi connectivity index (χ1n) is 2.77. The van der Waals surface area contributed by atoms with Crippen molar-refractivity contribution in [3.8, 4) is 11.8 Å². The quantitative estimate of drug-likeness (QED) is 0.294. The van der Waals surface area contributed by atoms with Gasteiger partial charge in [-0.05, 0) is 12.8 Å². The smallest absolute Gasteiger partial charge is 0.0198 e. The minimum atomic E-state index is 0.954. The Morgan fingerprint density at radius 3 is 2.75 bits per heavy atom. The van der Waals surface area contributed by atoms with Gasteiger partial charge in [0.2, 0.25) is 0 Å². The molecule has 0 heterocycles. The fourth-order valence-electron chi connectivity index (χ4n) is 0.423. The fraction of sp³-hybridized carbons (Fsp3) is 0.375. The number of hydrogen-bond donors (Lipinski definition) is 0. The molecule has 0 fully saturated rings. The predicted molar refractivity (Wildman–Crippen MR) is 37.2 cm³/mol. The summed E-state index contributed by atoms with van der Waals surface area (Å²) in [5, 5.41) is 0. The summed E-state index contributed by atoms with van der Waals surface area (Å²) < 4.78 is 0. The van der Waals surface area contributed by atoms with Crippen LogP contribution >= 0.6 is 0 Å². The van der Waals surface area contributed by atoms with Crippen molar-refractivity contribution in [2.75, 3.05) is 0 Å². The average Bonchev–Trinajstić information content (AvgIpc) is 1.81. The van der Waals surface area contributed by atoms with E-state index in [-0.39, 0.29) is 0 Å². The summed E-state index contributed by atoms with van der Waals surface area (Å²) in [7, 11) is 0. The van der Waals surface area contributed by atoms with Crippen LogP contribution in [0.1, 0.15) is 19.3 Å². The maximum Gasteiger partial charge on any atom is 0.0198 e. The van der Waals surface area contributed by atoms with E-state index in [1.165, 1.54) is 0 Å². The summed E-state index contributed by atoms with van der Waals surface area (Å²) in [5.74, 6) is 5.47. The molecule has 0 N–H and O–H groups in total. The van der Waals surface area contributed by atoms with Gasteiger partial charge in [-0.25, -0.2) is 0 Å². The molecule has 43 valence electrons. The summed E-state index contributed by atoms with van der Waals surface area (Å²) in [6.45, 7) is 6.99. The largest absolute Gasteiger partial charge is 0.103 e. The molecule has 0 heteroatoms. The van der Waals surface area contributed by atoms with Gasteiger partial charge in [0.05, 0.1) is 0 Å². The maximum atomic E-state index is 3.59. The van der Waals surface area contributed by atoms with E-state index >= 15 is 0 Å². The van der Waals surface area contributed by atoms with Gasteiger partial charge in [0.15, 0.2) is 0 Å². The Balaban J connectivity index is 2.89. The molecule has 0 bridgehead atoms. The van der Waals surface area contributed by atoms with Crippen LogP contribution in [0.5, 0.6) is 0 Å². The van der Waals surface area contributed by atoms with Gasteiger partial charge in [0, 0.05) is 13.3 Å². The highest BCUT2D eigenvalue weighted by Gasteiger charge is 1.75. The van der Waals surface area contributed by atoms with E-state index < -0.39 is 0 Å². The van der Waals surface area contributed by atoms with Crippen LogP contribution in [0.4, 0.5) is 0 Å². The first kappa shape index (κ1) is 7.30. The van der Waals surface area contributed by atoms with E-state index in [4.69, 9.17) is 0 Å². The Morgan fingerprint density at radius 1 is 1.50 bits per heavy atom. The van der Waals surface area contributed by atoms with E-state index in [9.17, 15) is 0 Å². The SMILES string of the molecule is [CH2]C#CCCCC=C. The van der Waals surface area contributed by atoms with Crippen molar-refractivity contribution in [1.29, 1.82) is 0 Å². The molecule has 0 aromatic carbocycles. The number of hydrogen-bond acceptors (Lipinski definition) is 0. The van der Waals surface area contributed by atoms with Crippen molar-refractivity contribution in [2.24, 2.45) is 0 Å². The van der Waals surface area contributed by atoms with Crippen LogP contribution in [0.25, 0.3) is 0 Å². The molecule has 0 rings (SSSR count). The molecule has 0 aliphatic rings. The van der Waals surface area contributed by atoms with Gasteiger partial charge in [0.1, 0.15) is 0 Å². The minimum Gasteiger partial charge on any atom is -0.103 e. The van der Waals surface area contributed by atoms with Crippen molar-refractivity contribution >= 4 is 0 Å². The van der Waals surface area contributed by atoms with Gasteiger partial charge in [0.25, 0.3) is 0 Å². The third kappa shape index (κ3) is 5.30. The van der Waals surface area contributed by atoms with Crippen LogP contribution < -0.4 is 0 Å². The molecular formula is C8H11. The fourth-order valence-corrected chi connectivity index (χ4v) is 0.423. The van der Waals surface area contributed by atoms with Crippen LogP contribution in [-0.4, -0.2) is 0 Å². The van der Waals surface area contributed by atoms with Gasteiger partial charge in [-0.15, -0.1) is 18.4 Å². The van der Waals surface area contributed by atoms with Crippen molar-refractivity contribution < 1.29 is 0 Å². The average molecular weight is 107 g/mol. The molecule has 0 aromatic heterocycles. The van der Waals surface area contributed by atoms with E-state index in [1.807, 2.05) is 6.08 Å². The molecule has 1 radical (unpaired) electrons. The summed E-state index contributed by atoms with van der Waals surface area (Å²) >= 11 is 0. The monoisotopic (exact) mass is 107 g/mol. The van der Waals surface area contributed by atoms with Gasteiger partial charge >= 0.3 is 0 Å². The second kappa shape index (κ2) is 6.30. The van der Waals surface area contributed by atoms with E-state index in [0.29, 0.717) is 0 Å². The first-order chi connectivity index (χ1) is 3.91. The summed E-state index contributed by atoms with van der Waals surface area (Å²) in [6.07, 6.45) is 5.04. The van der Waals surface area contributed by atoms with E-state index in [2.05, 4.69) is 25.3 Å². The Kier molecular flexibility index (Phi) is 5.75. The molecule has 0 aliphatic carbocycles. The Hall–Kier alpha value is -0.700. The van der Waals surface area contributed by atoms with Gasteiger partial charge in [-0.2, -0.15) is 0 Å². The van der Waals surface area contributed by atoms with Gasteiger partial charge < -0.3 is 0 Å². The zero-order valence-corrected chi connectivity index (χ0v) is 5.11. The molecule has 8 heavy (non-hydrogen) atoms. The van der Waals surface area contributed by atoms with Gasteiger partial charge in [-0.1, -0.05) is 6.08 Å². The zero-order chi connectivity index (χ0) is 6.24. The second-order valence-electron chi connectivity index (χ2n) is 1.53. The third-order valence-corrected chi connectivity index (χ3v) is 0.835. The molecule has 0 saturated heterocycles. The number of allylic oxidation sites excluding steroid dienone is 1. The lowest BCUT2D eigenvalue weighted by Gasteiger charge is -1.82. The number of unbranched alkanes of at least 4 members (excludes halogenated alkanes) is 2. The predicted octanol–water partition coefficient (Wildman–Crippen LogP) is 2.18. The highest BCUT2D eigenvalue weighted by atomic mass is 13.8. The molecule has 0 spiro atoms. The summed E-state index contributed by atoms with van der Waals surface area (Å²) in [6, 6.07) is 0. The molecule has 0 atom stereocenters. The van der Waals surface area contributed by atoms with E-state index in [1.54, 1.807) is 0 Å². The molecule has 0 nitrogen and oxygen atoms in total. The highest BCUT2D eigenvalue weighted by Crippen LogP contribution is 1.92. The van der Waals surface area contributed by atoms with Crippen molar-refractivity contribution in [1.82, 2.24) is 0 Å². The second-order valence-corrected chi connectivity index (χ2v) is 1.53. The van der Waals surface area contributed by atoms with Crippen LogP contribution in [0.3, 0.4) is 0 Å². The van der Waals surface area contributed by atoms with Crippen LogP contribution in [0.2, 0.25) is 0 Å². The van der Waals surface area contributed by atoms with E-state index in [0.717, 1.165) is 19.3 Å². The Labute approximate surface area is 51.6 Å². The lowest BCUT2D eigenvalue weighted by Crippen LogP contribution is -1.66. The summed E-state index contributed by atoms with van der Waals surface area (Å²) in [5.41, 5.74) is 0. The molecule has 0 aliphatic heterocycles. The zero-order valence-electron chi connectivity index (χ0n) is 5.11.